The molecule has 0 radical (unpaired) electrons. The molecule has 2 aromatic rings. The average Bonchev–Trinajstić information content (AvgIpc) is 2.76. The van der Waals surface area contributed by atoms with Crippen LogP contribution in [0.25, 0.3) is 0 Å². The standard InChI is InChI=1S/C22H23FN2O5/c1-2-30-22(29)16-10-13-24(14-11-16)21(28)19(25-12-4-3-5-18(25)26)20(27)15-6-8-17(23)9-7-15/h3-9,12,16,19H,2,10-11,13-14H2,1H3/t19-/m1/s1. The summed E-state index contributed by atoms with van der Waals surface area (Å²) in [6.45, 7) is 2.58. The number of piperidine rings is 1. The molecule has 0 saturated carbocycles. The minimum absolute atomic E-state index is 0.131. The van der Waals surface area contributed by atoms with E-state index in [-0.39, 0.29) is 30.5 Å². The van der Waals surface area contributed by atoms with E-state index in [9.17, 15) is 23.6 Å². The van der Waals surface area contributed by atoms with E-state index in [1.165, 1.54) is 35.4 Å². The first-order valence-electron chi connectivity index (χ1n) is 9.84. The predicted molar refractivity (Wildman–Crippen MR) is 106 cm³/mol. The number of aromatic nitrogens is 1. The Labute approximate surface area is 173 Å². The largest absolute Gasteiger partial charge is 0.466 e. The maximum atomic E-state index is 13.3. The molecule has 0 unspecified atom stereocenters. The highest BCUT2D eigenvalue weighted by molar-refractivity contribution is 6.11. The molecule has 1 aromatic carbocycles. The number of nitrogens with zero attached hydrogens (tertiary/aromatic N) is 2. The van der Waals surface area contributed by atoms with E-state index in [0.29, 0.717) is 19.4 Å². The molecule has 0 N–H and O–H groups in total. The number of hydrogen-bond acceptors (Lipinski definition) is 5. The highest BCUT2D eigenvalue weighted by atomic mass is 19.1. The first-order chi connectivity index (χ1) is 14.4. The van der Waals surface area contributed by atoms with E-state index in [1.807, 2.05) is 0 Å². The topological polar surface area (TPSA) is 85.7 Å². The third-order valence-electron chi connectivity index (χ3n) is 5.17. The van der Waals surface area contributed by atoms with Gasteiger partial charge in [0.05, 0.1) is 12.5 Å². The summed E-state index contributed by atoms with van der Waals surface area (Å²) in [4.78, 5) is 52.2. The summed E-state index contributed by atoms with van der Waals surface area (Å²) < 4.78 is 19.4. The molecule has 1 saturated heterocycles. The van der Waals surface area contributed by atoms with Crippen LogP contribution in [0.1, 0.15) is 36.2 Å². The lowest BCUT2D eigenvalue weighted by atomic mass is 9.95. The molecule has 1 atom stereocenters. The van der Waals surface area contributed by atoms with Crippen LogP contribution in [0.3, 0.4) is 0 Å². The minimum Gasteiger partial charge on any atom is -0.466 e. The normalized spacial score (nSPS) is 15.5. The number of ketones is 1. The molecule has 30 heavy (non-hydrogen) atoms. The van der Waals surface area contributed by atoms with E-state index in [2.05, 4.69) is 0 Å². The van der Waals surface area contributed by atoms with Crippen molar-refractivity contribution in [2.24, 2.45) is 5.92 Å². The van der Waals surface area contributed by atoms with Crippen molar-refractivity contribution in [3.63, 3.8) is 0 Å². The molecular formula is C22H23FN2O5. The zero-order chi connectivity index (χ0) is 21.7. The van der Waals surface area contributed by atoms with Crippen molar-refractivity contribution in [3.8, 4) is 0 Å². The number of halogens is 1. The van der Waals surface area contributed by atoms with Crippen molar-refractivity contribution in [2.45, 2.75) is 25.8 Å². The minimum atomic E-state index is -1.40. The molecule has 1 fully saturated rings. The Morgan fingerprint density at radius 1 is 1.10 bits per heavy atom. The zero-order valence-electron chi connectivity index (χ0n) is 16.6. The highest BCUT2D eigenvalue weighted by Gasteiger charge is 2.36. The van der Waals surface area contributed by atoms with Crippen molar-refractivity contribution >= 4 is 17.7 Å². The van der Waals surface area contributed by atoms with E-state index in [4.69, 9.17) is 4.74 Å². The summed E-state index contributed by atoms with van der Waals surface area (Å²) in [6, 6.07) is 7.80. The highest BCUT2D eigenvalue weighted by Crippen LogP contribution is 2.23. The van der Waals surface area contributed by atoms with Gasteiger partial charge in [-0.05, 0) is 50.1 Å². The van der Waals surface area contributed by atoms with E-state index < -0.39 is 29.1 Å². The number of carbonyl (C=O) groups is 3. The molecule has 1 aromatic heterocycles. The second-order valence-corrected chi connectivity index (χ2v) is 7.07. The lowest BCUT2D eigenvalue weighted by Crippen LogP contribution is -2.47. The third-order valence-corrected chi connectivity index (χ3v) is 5.17. The molecule has 2 heterocycles. The summed E-state index contributed by atoms with van der Waals surface area (Å²) in [7, 11) is 0. The van der Waals surface area contributed by atoms with Gasteiger partial charge in [-0.3, -0.25) is 23.7 Å². The van der Waals surface area contributed by atoms with Crippen LogP contribution in [0.2, 0.25) is 0 Å². The summed E-state index contributed by atoms with van der Waals surface area (Å²) in [5.74, 6) is -2.21. The molecule has 7 nitrogen and oxygen atoms in total. The molecular weight excluding hydrogens is 391 g/mol. The van der Waals surface area contributed by atoms with Gasteiger partial charge in [-0.2, -0.15) is 0 Å². The van der Waals surface area contributed by atoms with Crippen LogP contribution < -0.4 is 5.56 Å². The fourth-order valence-corrected chi connectivity index (χ4v) is 3.55. The molecule has 8 heteroatoms. The zero-order valence-corrected chi connectivity index (χ0v) is 16.6. The molecule has 1 amide bonds. The van der Waals surface area contributed by atoms with Crippen molar-refractivity contribution in [3.05, 3.63) is 70.4 Å². The summed E-state index contributed by atoms with van der Waals surface area (Å²) in [5.41, 5.74) is -0.361. The molecule has 3 rings (SSSR count). The molecule has 1 aliphatic rings. The Bertz CT molecular complexity index is 978. The maximum absolute atomic E-state index is 13.3. The van der Waals surface area contributed by atoms with Crippen molar-refractivity contribution < 1.29 is 23.5 Å². The molecule has 158 valence electrons. The van der Waals surface area contributed by atoms with Gasteiger partial charge in [-0.15, -0.1) is 0 Å². The molecule has 0 bridgehead atoms. The van der Waals surface area contributed by atoms with Gasteiger partial charge in [0.2, 0.25) is 0 Å². The van der Waals surface area contributed by atoms with E-state index in [1.54, 1.807) is 13.0 Å². The molecule has 1 aliphatic heterocycles. The van der Waals surface area contributed by atoms with Crippen LogP contribution in [0, 0.1) is 11.7 Å². The molecule has 0 aliphatic carbocycles. The average molecular weight is 414 g/mol. The smallest absolute Gasteiger partial charge is 0.309 e. The van der Waals surface area contributed by atoms with Crippen LogP contribution in [-0.2, 0) is 14.3 Å². The SMILES string of the molecule is CCOC(=O)C1CCN(C(=O)[C@@H](C(=O)c2ccc(F)cc2)n2ccccc2=O)CC1. The Balaban J connectivity index is 1.86. The number of likely N-dealkylation sites (tertiary alicyclic amines) is 1. The van der Waals surface area contributed by atoms with Gasteiger partial charge in [0.25, 0.3) is 11.5 Å². The quantitative estimate of drug-likeness (QED) is 0.411. The van der Waals surface area contributed by atoms with Gasteiger partial charge in [-0.1, -0.05) is 6.07 Å². The number of hydrogen-bond donors (Lipinski definition) is 0. The Hall–Kier alpha value is -3.29. The van der Waals surface area contributed by atoms with Gasteiger partial charge in [0.15, 0.2) is 11.8 Å². The van der Waals surface area contributed by atoms with Crippen molar-refractivity contribution in [2.75, 3.05) is 19.7 Å². The lowest BCUT2D eigenvalue weighted by molar-refractivity contribution is -0.151. The number of amides is 1. The van der Waals surface area contributed by atoms with Gasteiger partial charge in [0.1, 0.15) is 5.82 Å². The van der Waals surface area contributed by atoms with Crippen LogP contribution in [-0.4, -0.2) is 46.8 Å². The monoisotopic (exact) mass is 414 g/mol. The van der Waals surface area contributed by atoms with E-state index >= 15 is 0 Å². The summed E-state index contributed by atoms with van der Waals surface area (Å²) in [5, 5.41) is 0. The van der Waals surface area contributed by atoms with Gasteiger partial charge in [0, 0.05) is 30.9 Å². The van der Waals surface area contributed by atoms with Crippen molar-refractivity contribution in [1.29, 1.82) is 0 Å². The van der Waals surface area contributed by atoms with Crippen LogP contribution >= 0.6 is 0 Å². The number of carbonyl (C=O) groups excluding carboxylic acids is 3. The van der Waals surface area contributed by atoms with Gasteiger partial charge < -0.3 is 9.64 Å². The second kappa shape index (κ2) is 9.47. The fraction of sp³-hybridized carbons (Fsp3) is 0.364. The van der Waals surface area contributed by atoms with Gasteiger partial charge in [-0.25, -0.2) is 4.39 Å². The fourth-order valence-electron chi connectivity index (χ4n) is 3.55. The maximum Gasteiger partial charge on any atom is 0.309 e. The first-order valence-corrected chi connectivity index (χ1v) is 9.84. The molecule has 0 spiro atoms. The number of Topliss-reactive ketones (excluding diaryl/α,β-unsaturated/α-hetero) is 1. The lowest BCUT2D eigenvalue weighted by Gasteiger charge is -2.33. The van der Waals surface area contributed by atoms with Crippen LogP contribution in [0.15, 0.2) is 53.5 Å². The summed E-state index contributed by atoms with van der Waals surface area (Å²) in [6.07, 6.45) is 2.23. The van der Waals surface area contributed by atoms with Crippen molar-refractivity contribution in [1.82, 2.24) is 9.47 Å². The first kappa shape index (κ1) is 21.4. The van der Waals surface area contributed by atoms with E-state index in [0.717, 1.165) is 16.7 Å². The van der Waals surface area contributed by atoms with Gasteiger partial charge >= 0.3 is 5.97 Å². The number of pyridine rings is 1. The Morgan fingerprint density at radius 2 is 1.77 bits per heavy atom. The van der Waals surface area contributed by atoms with Crippen LogP contribution in [0.4, 0.5) is 4.39 Å². The van der Waals surface area contributed by atoms with Crippen LogP contribution in [0.5, 0.6) is 0 Å². The number of ether oxygens (including phenoxy) is 1. The predicted octanol–water partition coefficient (Wildman–Crippen LogP) is 2.21. The second-order valence-electron chi connectivity index (χ2n) is 7.07. The summed E-state index contributed by atoms with van der Waals surface area (Å²) >= 11 is 0. The Kier molecular flexibility index (Phi) is 6.76. The number of rotatable bonds is 6. The Morgan fingerprint density at radius 3 is 2.37 bits per heavy atom. The number of esters is 1. The third kappa shape index (κ3) is 4.64. The number of benzene rings is 1.